The summed E-state index contributed by atoms with van der Waals surface area (Å²) in [6, 6.07) is 17.5. The molecule has 1 aromatic heterocycles. The number of carbonyl (C=O) groups excluding carboxylic acids is 1. The Kier molecular flexibility index (Phi) is 8.35. The smallest absolute Gasteiger partial charge is 0.251 e. The molecule has 158 valence electrons. The number of benzene rings is 2. The molecule has 0 saturated heterocycles. The predicted octanol–water partition coefficient (Wildman–Crippen LogP) is 4.54. The zero-order valence-corrected chi connectivity index (χ0v) is 19.2. The number of carbonyl (C=O) groups is 1. The zero-order chi connectivity index (χ0) is 21.4. The normalized spacial score (nSPS) is 11.4. The van der Waals surface area contributed by atoms with Crippen molar-refractivity contribution in [1.82, 2.24) is 10.0 Å². The first kappa shape index (κ1) is 22.8. The van der Waals surface area contributed by atoms with E-state index in [0.29, 0.717) is 6.54 Å². The van der Waals surface area contributed by atoms with E-state index >= 15 is 0 Å². The lowest BCUT2D eigenvalue weighted by atomic mass is 10.2. The predicted molar refractivity (Wildman–Crippen MR) is 125 cm³/mol. The largest absolute Gasteiger partial charge is 0.351 e. The van der Waals surface area contributed by atoms with E-state index < -0.39 is 10.0 Å². The average molecular weight is 481 g/mol. The minimum atomic E-state index is -3.86. The topological polar surface area (TPSA) is 75.3 Å². The molecule has 0 fully saturated rings. The third-order valence-electron chi connectivity index (χ3n) is 4.15. The number of amides is 1. The van der Waals surface area contributed by atoms with Crippen LogP contribution in [-0.2, 0) is 22.3 Å². The average Bonchev–Trinajstić information content (AvgIpc) is 3.26. The highest BCUT2D eigenvalue weighted by molar-refractivity contribution is 7.98. The van der Waals surface area contributed by atoms with Gasteiger partial charge < -0.3 is 5.32 Å². The highest BCUT2D eigenvalue weighted by Crippen LogP contribution is 2.23. The van der Waals surface area contributed by atoms with Gasteiger partial charge in [-0.3, -0.25) is 4.79 Å². The molecule has 1 amide bonds. The van der Waals surface area contributed by atoms with Crippen LogP contribution in [0.1, 0.15) is 20.8 Å². The molecule has 0 aliphatic rings. The van der Waals surface area contributed by atoms with Gasteiger partial charge in [-0.05, 0) is 35.2 Å². The van der Waals surface area contributed by atoms with Crippen LogP contribution in [0, 0.1) is 0 Å². The maximum atomic E-state index is 12.7. The fourth-order valence-electron chi connectivity index (χ4n) is 2.61. The molecule has 3 aromatic rings. The van der Waals surface area contributed by atoms with Crippen LogP contribution in [0.2, 0.25) is 5.02 Å². The number of rotatable bonds is 10. The highest BCUT2D eigenvalue weighted by Gasteiger charge is 2.20. The first-order valence-electron chi connectivity index (χ1n) is 9.17. The molecular formula is C21H21ClN2O3S3. The third-order valence-corrected chi connectivity index (χ3v) is 8.10. The van der Waals surface area contributed by atoms with E-state index in [1.165, 1.54) is 23.1 Å². The summed E-state index contributed by atoms with van der Waals surface area (Å²) in [6.45, 7) is 0.628. The van der Waals surface area contributed by atoms with Gasteiger partial charge in [-0.15, -0.1) is 11.3 Å². The van der Waals surface area contributed by atoms with Crippen LogP contribution in [-0.4, -0.2) is 26.6 Å². The van der Waals surface area contributed by atoms with E-state index in [2.05, 4.69) is 16.1 Å². The second-order valence-electron chi connectivity index (χ2n) is 6.34. The Morgan fingerprint density at radius 1 is 1.07 bits per heavy atom. The number of hydrogen-bond donors (Lipinski definition) is 2. The molecular weight excluding hydrogens is 460 g/mol. The van der Waals surface area contributed by atoms with Crippen LogP contribution in [0.4, 0.5) is 0 Å². The summed E-state index contributed by atoms with van der Waals surface area (Å²) in [7, 11) is -3.86. The summed E-state index contributed by atoms with van der Waals surface area (Å²) < 4.78 is 27.9. The number of nitrogens with one attached hydrogen (secondary N) is 2. The van der Waals surface area contributed by atoms with Gasteiger partial charge in [0, 0.05) is 35.0 Å². The Bertz CT molecular complexity index is 1070. The second kappa shape index (κ2) is 11.0. The van der Waals surface area contributed by atoms with Crippen LogP contribution in [0.5, 0.6) is 0 Å². The van der Waals surface area contributed by atoms with Gasteiger partial charge in [0.2, 0.25) is 10.0 Å². The van der Waals surface area contributed by atoms with Crippen molar-refractivity contribution < 1.29 is 13.2 Å². The maximum Gasteiger partial charge on any atom is 0.251 e. The Labute approximate surface area is 189 Å². The monoisotopic (exact) mass is 480 g/mol. The summed E-state index contributed by atoms with van der Waals surface area (Å²) in [5, 5.41) is 4.93. The van der Waals surface area contributed by atoms with Gasteiger partial charge in [0.05, 0.1) is 5.02 Å². The minimum Gasteiger partial charge on any atom is -0.351 e. The van der Waals surface area contributed by atoms with Gasteiger partial charge in [0.25, 0.3) is 5.91 Å². The van der Waals surface area contributed by atoms with E-state index in [-0.39, 0.29) is 27.9 Å². The van der Waals surface area contributed by atoms with E-state index in [1.807, 2.05) is 41.8 Å². The van der Waals surface area contributed by atoms with Crippen LogP contribution in [0.25, 0.3) is 0 Å². The zero-order valence-electron chi connectivity index (χ0n) is 16.0. The van der Waals surface area contributed by atoms with Crippen LogP contribution >= 0.6 is 34.7 Å². The molecule has 30 heavy (non-hydrogen) atoms. The van der Waals surface area contributed by atoms with Crippen molar-refractivity contribution >= 4 is 50.6 Å². The summed E-state index contributed by atoms with van der Waals surface area (Å²) >= 11 is 9.55. The summed E-state index contributed by atoms with van der Waals surface area (Å²) in [6.07, 6.45) is 0. The van der Waals surface area contributed by atoms with Crippen LogP contribution in [0.3, 0.4) is 0 Å². The summed E-state index contributed by atoms with van der Waals surface area (Å²) in [4.78, 5) is 13.6. The molecule has 0 aliphatic heterocycles. The first-order valence-corrected chi connectivity index (χ1v) is 13.1. The Balaban J connectivity index is 1.57. The molecule has 0 saturated carbocycles. The molecule has 9 heteroatoms. The highest BCUT2D eigenvalue weighted by atomic mass is 35.5. The molecule has 1 heterocycles. The van der Waals surface area contributed by atoms with Crippen molar-refractivity contribution in [3.63, 3.8) is 0 Å². The quantitative estimate of drug-likeness (QED) is 0.417. The molecule has 0 radical (unpaired) electrons. The van der Waals surface area contributed by atoms with Crippen molar-refractivity contribution in [3.8, 4) is 0 Å². The van der Waals surface area contributed by atoms with Gasteiger partial charge in [-0.2, -0.15) is 11.8 Å². The van der Waals surface area contributed by atoms with Crippen LogP contribution in [0.15, 0.2) is 70.9 Å². The molecule has 0 aliphatic carbocycles. The summed E-state index contributed by atoms with van der Waals surface area (Å²) in [5.74, 6) is 1.34. The van der Waals surface area contributed by atoms with Crippen molar-refractivity contribution in [2.45, 2.75) is 17.2 Å². The fourth-order valence-corrected chi connectivity index (χ4v) is 5.85. The molecule has 0 spiro atoms. The van der Waals surface area contributed by atoms with Gasteiger partial charge in [0.1, 0.15) is 4.90 Å². The molecule has 0 unspecified atom stereocenters. The van der Waals surface area contributed by atoms with Gasteiger partial charge in [-0.1, -0.05) is 48.0 Å². The molecule has 3 rings (SSSR count). The van der Waals surface area contributed by atoms with E-state index in [9.17, 15) is 13.2 Å². The number of hydrogen-bond acceptors (Lipinski definition) is 5. The second-order valence-corrected chi connectivity index (χ2v) is 10.6. The fraction of sp³-hybridized carbons (Fsp3) is 0.190. The minimum absolute atomic E-state index is 0.0682. The summed E-state index contributed by atoms with van der Waals surface area (Å²) in [5.41, 5.74) is 1.08. The van der Waals surface area contributed by atoms with Crippen LogP contribution < -0.4 is 10.0 Å². The lowest BCUT2D eigenvalue weighted by Gasteiger charge is -2.11. The van der Waals surface area contributed by atoms with Gasteiger partial charge in [0.15, 0.2) is 0 Å². The maximum absolute atomic E-state index is 12.7. The van der Waals surface area contributed by atoms with E-state index in [4.69, 9.17) is 11.6 Å². The Morgan fingerprint density at radius 2 is 1.87 bits per heavy atom. The number of thioether (sulfide) groups is 1. The molecule has 0 bridgehead atoms. The number of halogens is 1. The van der Waals surface area contributed by atoms with Gasteiger partial charge in [-0.25, -0.2) is 13.1 Å². The standard InChI is InChI=1S/C21H21ClN2O3S3/c22-19-9-8-17(21(25)23-10-12-28-15-18-7-4-11-29-18)13-20(19)30(26,27)24-14-16-5-2-1-3-6-16/h1-9,11,13,24H,10,12,14-15H2,(H,23,25). The molecule has 5 nitrogen and oxygen atoms in total. The number of sulfonamides is 1. The van der Waals surface area contributed by atoms with E-state index in [1.54, 1.807) is 23.1 Å². The SMILES string of the molecule is O=C(NCCSCc1cccs1)c1ccc(Cl)c(S(=O)(=O)NCc2ccccc2)c1. The molecule has 0 atom stereocenters. The van der Waals surface area contributed by atoms with Crippen molar-refractivity contribution in [2.75, 3.05) is 12.3 Å². The third kappa shape index (κ3) is 6.58. The lowest BCUT2D eigenvalue weighted by Crippen LogP contribution is -2.27. The molecule has 2 N–H and O–H groups in total. The molecule has 2 aromatic carbocycles. The van der Waals surface area contributed by atoms with Gasteiger partial charge >= 0.3 is 0 Å². The van der Waals surface area contributed by atoms with Crippen molar-refractivity contribution in [2.24, 2.45) is 0 Å². The van der Waals surface area contributed by atoms with Crippen molar-refractivity contribution in [1.29, 1.82) is 0 Å². The Hall–Kier alpha value is -1.84. The lowest BCUT2D eigenvalue weighted by molar-refractivity contribution is 0.0956. The number of thiophene rings is 1. The van der Waals surface area contributed by atoms with Crippen molar-refractivity contribution in [3.05, 3.63) is 87.1 Å². The first-order chi connectivity index (χ1) is 14.5. The Morgan fingerprint density at radius 3 is 2.60 bits per heavy atom. The van der Waals surface area contributed by atoms with E-state index in [0.717, 1.165) is 17.1 Å².